The van der Waals surface area contributed by atoms with Crippen LogP contribution in [0.3, 0.4) is 0 Å². The molecule has 2 rings (SSSR count). The molecule has 3 heteroatoms. The lowest BCUT2D eigenvalue weighted by molar-refractivity contribution is 0.469. The van der Waals surface area contributed by atoms with Gasteiger partial charge < -0.3 is 10.4 Å². The van der Waals surface area contributed by atoms with E-state index in [0.717, 1.165) is 15.7 Å². The Bertz CT molecular complexity index is 543. The first kappa shape index (κ1) is 13.0. The van der Waals surface area contributed by atoms with Gasteiger partial charge in [-0.2, -0.15) is 0 Å². The van der Waals surface area contributed by atoms with E-state index in [-0.39, 0.29) is 0 Å². The van der Waals surface area contributed by atoms with Crippen molar-refractivity contribution in [3.63, 3.8) is 0 Å². The second kappa shape index (κ2) is 5.44. The zero-order chi connectivity index (χ0) is 13.1. The van der Waals surface area contributed by atoms with Crippen molar-refractivity contribution in [2.45, 2.75) is 20.4 Å². The SMILES string of the molecule is Cc1cc(NCc2ccccc2O)cc(C)c1Br. The summed E-state index contributed by atoms with van der Waals surface area (Å²) in [6, 6.07) is 11.6. The number of hydrogen-bond acceptors (Lipinski definition) is 2. The van der Waals surface area contributed by atoms with Crippen LogP contribution in [0.4, 0.5) is 5.69 Å². The number of para-hydroxylation sites is 1. The summed E-state index contributed by atoms with van der Waals surface area (Å²) in [6.07, 6.45) is 0. The molecule has 0 aliphatic carbocycles. The molecule has 2 aromatic carbocycles. The van der Waals surface area contributed by atoms with E-state index in [1.807, 2.05) is 18.2 Å². The van der Waals surface area contributed by atoms with Crippen LogP contribution in [0.1, 0.15) is 16.7 Å². The molecule has 0 radical (unpaired) electrons. The van der Waals surface area contributed by atoms with Crippen LogP contribution in [0.25, 0.3) is 0 Å². The molecule has 0 amide bonds. The molecule has 0 heterocycles. The first-order valence-electron chi connectivity index (χ1n) is 5.85. The van der Waals surface area contributed by atoms with Gasteiger partial charge in [-0.15, -0.1) is 0 Å². The second-order valence-electron chi connectivity index (χ2n) is 4.41. The zero-order valence-corrected chi connectivity index (χ0v) is 12.1. The van der Waals surface area contributed by atoms with Gasteiger partial charge in [0.1, 0.15) is 5.75 Å². The third-order valence-electron chi connectivity index (χ3n) is 2.91. The fourth-order valence-corrected chi connectivity index (χ4v) is 2.13. The Morgan fingerprint density at radius 2 is 1.72 bits per heavy atom. The van der Waals surface area contributed by atoms with Gasteiger partial charge in [0.15, 0.2) is 0 Å². The lowest BCUT2D eigenvalue weighted by atomic mass is 10.1. The summed E-state index contributed by atoms with van der Waals surface area (Å²) in [5.74, 6) is 0.329. The van der Waals surface area contributed by atoms with Gasteiger partial charge in [0.2, 0.25) is 0 Å². The van der Waals surface area contributed by atoms with E-state index in [2.05, 4.69) is 47.2 Å². The monoisotopic (exact) mass is 305 g/mol. The number of aryl methyl sites for hydroxylation is 2. The van der Waals surface area contributed by atoms with E-state index < -0.39 is 0 Å². The van der Waals surface area contributed by atoms with Crippen LogP contribution in [-0.2, 0) is 6.54 Å². The molecule has 0 bridgehead atoms. The van der Waals surface area contributed by atoms with Crippen LogP contribution < -0.4 is 5.32 Å². The number of halogens is 1. The first-order valence-corrected chi connectivity index (χ1v) is 6.64. The average molecular weight is 306 g/mol. The van der Waals surface area contributed by atoms with Crippen LogP contribution in [0.15, 0.2) is 40.9 Å². The standard InChI is InChI=1S/C15H16BrNO/c1-10-7-13(8-11(2)15(10)16)17-9-12-5-3-4-6-14(12)18/h3-8,17-18H,9H2,1-2H3. The third kappa shape index (κ3) is 2.85. The molecule has 2 N–H and O–H groups in total. The highest BCUT2D eigenvalue weighted by Crippen LogP contribution is 2.26. The van der Waals surface area contributed by atoms with Gasteiger partial charge >= 0.3 is 0 Å². The van der Waals surface area contributed by atoms with Crippen molar-refractivity contribution in [1.82, 2.24) is 0 Å². The summed E-state index contributed by atoms with van der Waals surface area (Å²) in [7, 11) is 0. The molecule has 0 aromatic heterocycles. The summed E-state index contributed by atoms with van der Waals surface area (Å²) in [6.45, 7) is 4.76. The van der Waals surface area contributed by atoms with Crippen molar-refractivity contribution in [2.75, 3.05) is 5.32 Å². The number of rotatable bonds is 3. The van der Waals surface area contributed by atoms with Crippen molar-refractivity contribution < 1.29 is 5.11 Å². The van der Waals surface area contributed by atoms with Crippen molar-refractivity contribution in [3.8, 4) is 5.75 Å². The number of hydrogen-bond donors (Lipinski definition) is 2. The molecule has 0 saturated carbocycles. The van der Waals surface area contributed by atoms with Crippen molar-refractivity contribution in [3.05, 3.63) is 57.6 Å². The zero-order valence-electron chi connectivity index (χ0n) is 10.5. The van der Waals surface area contributed by atoms with Gasteiger partial charge in [0.05, 0.1) is 0 Å². The van der Waals surface area contributed by atoms with Crippen molar-refractivity contribution in [1.29, 1.82) is 0 Å². The van der Waals surface area contributed by atoms with Crippen LogP contribution in [0, 0.1) is 13.8 Å². The summed E-state index contributed by atoms with van der Waals surface area (Å²) in [5, 5.41) is 13.0. The smallest absolute Gasteiger partial charge is 0.120 e. The van der Waals surface area contributed by atoms with Gasteiger partial charge in [-0.05, 0) is 43.2 Å². The Morgan fingerprint density at radius 1 is 1.11 bits per heavy atom. The van der Waals surface area contributed by atoms with E-state index in [1.165, 1.54) is 11.1 Å². The molecule has 0 aliphatic rings. The number of nitrogens with one attached hydrogen (secondary N) is 1. The van der Waals surface area contributed by atoms with Gasteiger partial charge in [0.25, 0.3) is 0 Å². The van der Waals surface area contributed by atoms with Crippen molar-refractivity contribution >= 4 is 21.6 Å². The lowest BCUT2D eigenvalue weighted by Crippen LogP contribution is -2.00. The van der Waals surface area contributed by atoms with Crippen molar-refractivity contribution in [2.24, 2.45) is 0 Å². The molecular formula is C15H16BrNO. The number of aromatic hydroxyl groups is 1. The fraction of sp³-hybridized carbons (Fsp3) is 0.200. The lowest BCUT2D eigenvalue weighted by Gasteiger charge is -2.11. The number of phenolic OH excluding ortho intramolecular Hbond substituents is 1. The minimum absolute atomic E-state index is 0.329. The van der Waals surface area contributed by atoms with E-state index in [4.69, 9.17) is 0 Å². The normalized spacial score (nSPS) is 10.4. The van der Waals surface area contributed by atoms with E-state index in [9.17, 15) is 5.11 Å². The number of phenols is 1. The van der Waals surface area contributed by atoms with Gasteiger partial charge in [-0.25, -0.2) is 0 Å². The Hall–Kier alpha value is -1.48. The maximum absolute atomic E-state index is 9.69. The molecule has 0 aliphatic heterocycles. The molecule has 0 fully saturated rings. The Kier molecular flexibility index (Phi) is 3.92. The van der Waals surface area contributed by atoms with E-state index in [1.54, 1.807) is 6.07 Å². The van der Waals surface area contributed by atoms with Crippen LogP contribution in [0.2, 0.25) is 0 Å². The summed E-state index contributed by atoms with van der Waals surface area (Å²) < 4.78 is 1.15. The highest BCUT2D eigenvalue weighted by molar-refractivity contribution is 9.10. The predicted molar refractivity (Wildman–Crippen MR) is 79.0 cm³/mol. The molecule has 18 heavy (non-hydrogen) atoms. The molecule has 0 spiro atoms. The minimum Gasteiger partial charge on any atom is -0.508 e. The third-order valence-corrected chi connectivity index (χ3v) is 4.16. The van der Waals surface area contributed by atoms with Crippen LogP contribution >= 0.6 is 15.9 Å². The molecule has 2 aromatic rings. The van der Waals surface area contributed by atoms with Gasteiger partial charge in [-0.1, -0.05) is 34.1 Å². The molecular weight excluding hydrogens is 290 g/mol. The number of benzene rings is 2. The summed E-state index contributed by atoms with van der Waals surface area (Å²) in [4.78, 5) is 0. The second-order valence-corrected chi connectivity index (χ2v) is 5.20. The Labute approximate surface area is 116 Å². The fourth-order valence-electron chi connectivity index (χ4n) is 1.91. The molecule has 0 saturated heterocycles. The molecule has 2 nitrogen and oxygen atoms in total. The minimum atomic E-state index is 0.329. The maximum Gasteiger partial charge on any atom is 0.120 e. The summed E-state index contributed by atoms with van der Waals surface area (Å²) >= 11 is 3.55. The van der Waals surface area contributed by atoms with Gasteiger partial charge in [-0.3, -0.25) is 0 Å². The first-order chi connectivity index (χ1) is 8.58. The summed E-state index contributed by atoms with van der Waals surface area (Å²) in [5.41, 5.74) is 4.37. The predicted octanol–water partition coefficient (Wildman–Crippen LogP) is 4.38. The quantitative estimate of drug-likeness (QED) is 0.882. The molecule has 0 unspecified atom stereocenters. The topological polar surface area (TPSA) is 32.3 Å². The highest BCUT2D eigenvalue weighted by Gasteiger charge is 2.03. The highest BCUT2D eigenvalue weighted by atomic mass is 79.9. The molecule has 0 atom stereocenters. The molecule has 94 valence electrons. The largest absolute Gasteiger partial charge is 0.508 e. The van der Waals surface area contributed by atoms with Crippen LogP contribution in [0.5, 0.6) is 5.75 Å². The Balaban J connectivity index is 2.14. The maximum atomic E-state index is 9.69. The van der Waals surface area contributed by atoms with E-state index in [0.29, 0.717) is 12.3 Å². The van der Waals surface area contributed by atoms with Crippen LogP contribution in [-0.4, -0.2) is 5.11 Å². The average Bonchev–Trinajstić information content (AvgIpc) is 2.35. The van der Waals surface area contributed by atoms with Gasteiger partial charge in [0, 0.05) is 22.3 Å². The van der Waals surface area contributed by atoms with E-state index >= 15 is 0 Å². The number of anilines is 1. The Morgan fingerprint density at radius 3 is 2.33 bits per heavy atom.